The number of fused-ring (bicyclic) bond motifs is 2. The van der Waals surface area contributed by atoms with Gasteiger partial charge in [-0.15, -0.1) is 20.4 Å². The van der Waals surface area contributed by atoms with E-state index in [4.69, 9.17) is 0 Å². The molecule has 5 aromatic rings. The molecule has 0 amide bonds. The molecule has 24 heavy (non-hydrogen) atoms. The molecular formula is C16H10N8. The lowest BCUT2D eigenvalue weighted by Gasteiger charge is -2.02. The van der Waals surface area contributed by atoms with Crippen molar-refractivity contribution in [1.82, 2.24) is 40.0 Å². The average Bonchev–Trinajstić information content (AvgIpc) is 3.26. The Labute approximate surface area is 135 Å². The number of benzene rings is 2. The summed E-state index contributed by atoms with van der Waals surface area (Å²) in [4.78, 5) is 0. The first-order valence-corrected chi connectivity index (χ1v) is 7.34. The highest BCUT2D eigenvalue weighted by atomic mass is 15.5. The molecule has 3 aromatic heterocycles. The zero-order valence-corrected chi connectivity index (χ0v) is 12.4. The predicted octanol–water partition coefficient (Wildman–Crippen LogP) is 1.94. The Morgan fingerprint density at radius 2 is 0.958 bits per heavy atom. The summed E-state index contributed by atoms with van der Waals surface area (Å²) in [7, 11) is 0. The van der Waals surface area contributed by atoms with E-state index >= 15 is 0 Å². The van der Waals surface area contributed by atoms with Gasteiger partial charge in [0, 0.05) is 10.8 Å². The SMILES string of the molecule is c1ccc2c(c1)cnn2-c1nnc(-n2ncc3ccccc32)nn1. The van der Waals surface area contributed by atoms with Crippen LogP contribution in [0.15, 0.2) is 60.9 Å². The molecule has 8 heteroatoms. The van der Waals surface area contributed by atoms with E-state index in [0.29, 0.717) is 11.9 Å². The fraction of sp³-hybridized carbons (Fsp3) is 0. The predicted molar refractivity (Wildman–Crippen MR) is 86.9 cm³/mol. The molecule has 0 spiro atoms. The van der Waals surface area contributed by atoms with Crippen molar-refractivity contribution < 1.29 is 0 Å². The summed E-state index contributed by atoms with van der Waals surface area (Å²) in [5.74, 6) is 0.632. The molecule has 3 heterocycles. The van der Waals surface area contributed by atoms with Crippen LogP contribution in [0.25, 0.3) is 33.7 Å². The lowest BCUT2D eigenvalue weighted by molar-refractivity contribution is 0.695. The Kier molecular flexibility index (Phi) is 2.63. The molecule has 0 N–H and O–H groups in total. The van der Waals surface area contributed by atoms with Gasteiger partial charge >= 0.3 is 0 Å². The lowest BCUT2D eigenvalue weighted by Crippen LogP contribution is -2.11. The van der Waals surface area contributed by atoms with E-state index in [9.17, 15) is 0 Å². The molecule has 5 rings (SSSR count). The van der Waals surface area contributed by atoms with Crippen molar-refractivity contribution in [3.8, 4) is 11.9 Å². The van der Waals surface area contributed by atoms with Gasteiger partial charge in [-0.2, -0.15) is 19.6 Å². The third-order valence-corrected chi connectivity index (χ3v) is 3.79. The third kappa shape index (κ3) is 1.86. The van der Waals surface area contributed by atoms with E-state index < -0.39 is 0 Å². The van der Waals surface area contributed by atoms with Crippen molar-refractivity contribution in [2.75, 3.05) is 0 Å². The first kappa shape index (κ1) is 12.8. The third-order valence-electron chi connectivity index (χ3n) is 3.79. The van der Waals surface area contributed by atoms with Gasteiger partial charge in [0.25, 0.3) is 11.9 Å². The number of hydrogen-bond acceptors (Lipinski definition) is 6. The number of nitrogens with zero attached hydrogens (tertiary/aromatic N) is 8. The van der Waals surface area contributed by atoms with Crippen molar-refractivity contribution in [3.05, 3.63) is 60.9 Å². The first-order chi connectivity index (χ1) is 11.9. The zero-order valence-electron chi connectivity index (χ0n) is 12.4. The number of hydrogen-bond donors (Lipinski definition) is 0. The maximum absolute atomic E-state index is 4.30. The Morgan fingerprint density at radius 3 is 1.42 bits per heavy atom. The normalized spacial score (nSPS) is 11.3. The van der Waals surface area contributed by atoms with E-state index in [2.05, 4.69) is 30.6 Å². The van der Waals surface area contributed by atoms with Crippen LogP contribution in [0.3, 0.4) is 0 Å². The Bertz CT molecular complexity index is 1060. The summed E-state index contributed by atoms with van der Waals surface area (Å²) in [6, 6.07) is 15.6. The van der Waals surface area contributed by atoms with E-state index in [-0.39, 0.29) is 0 Å². The summed E-state index contributed by atoms with van der Waals surface area (Å²) in [6.45, 7) is 0. The van der Waals surface area contributed by atoms with Crippen LogP contribution < -0.4 is 0 Å². The van der Waals surface area contributed by atoms with Gasteiger partial charge in [-0.25, -0.2) is 0 Å². The van der Waals surface area contributed by atoms with E-state index in [1.807, 2.05) is 48.5 Å². The fourth-order valence-electron chi connectivity index (χ4n) is 2.65. The summed E-state index contributed by atoms with van der Waals surface area (Å²) in [6.07, 6.45) is 3.52. The van der Waals surface area contributed by atoms with Crippen molar-refractivity contribution >= 4 is 21.8 Å². The molecule has 0 saturated heterocycles. The van der Waals surface area contributed by atoms with Crippen LogP contribution in [0.5, 0.6) is 0 Å². The molecule has 0 saturated carbocycles. The average molecular weight is 314 g/mol. The molecule has 0 atom stereocenters. The molecule has 2 aromatic carbocycles. The maximum atomic E-state index is 4.30. The van der Waals surface area contributed by atoms with Crippen LogP contribution in [0.4, 0.5) is 0 Å². The summed E-state index contributed by atoms with van der Waals surface area (Å²) >= 11 is 0. The highest BCUT2D eigenvalue weighted by molar-refractivity contribution is 5.80. The molecule has 0 aliphatic rings. The number of rotatable bonds is 2. The second-order valence-electron chi connectivity index (χ2n) is 5.23. The fourth-order valence-corrected chi connectivity index (χ4v) is 2.65. The number of para-hydroxylation sites is 2. The maximum Gasteiger partial charge on any atom is 0.289 e. The smallest absolute Gasteiger partial charge is 0.196 e. The van der Waals surface area contributed by atoms with Gasteiger partial charge < -0.3 is 0 Å². The highest BCUT2D eigenvalue weighted by Gasteiger charge is 2.11. The van der Waals surface area contributed by atoms with Crippen molar-refractivity contribution in [1.29, 1.82) is 0 Å². The monoisotopic (exact) mass is 314 g/mol. The van der Waals surface area contributed by atoms with Crippen LogP contribution >= 0.6 is 0 Å². The molecule has 0 fully saturated rings. The highest BCUT2D eigenvalue weighted by Crippen LogP contribution is 2.16. The minimum Gasteiger partial charge on any atom is -0.196 e. The Morgan fingerprint density at radius 1 is 0.542 bits per heavy atom. The van der Waals surface area contributed by atoms with Crippen LogP contribution in [0, 0.1) is 0 Å². The summed E-state index contributed by atoms with van der Waals surface area (Å²) < 4.78 is 3.22. The van der Waals surface area contributed by atoms with E-state index in [0.717, 1.165) is 21.8 Å². The van der Waals surface area contributed by atoms with E-state index in [1.165, 1.54) is 0 Å². The molecule has 114 valence electrons. The molecule has 0 bridgehead atoms. The Balaban J connectivity index is 1.60. The molecular weight excluding hydrogens is 304 g/mol. The van der Waals surface area contributed by atoms with Crippen molar-refractivity contribution in [2.45, 2.75) is 0 Å². The second-order valence-corrected chi connectivity index (χ2v) is 5.23. The quantitative estimate of drug-likeness (QED) is 0.495. The second kappa shape index (κ2) is 4.92. The van der Waals surface area contributed by atoms with Crippen LogP contribution in [-0.2, 0) is 0 Å². The van der Waals surface area contributed by atoms with Gasteiger partial charge in [0.15, 0.2) is 0 Å². The van der Waals surface area contributed by atoms with Crippen LogP contribution in [-0.4, -0.2) is 40.0 Å². The molecule has 0 aliphatic heterocycles. The number of aromatic nitrogens is 8. The van der Waals surface area contributed by atoms with Gasteiger partial charge in [-0.3, -0.25) is 0 Å². The van der Waals surface area contributed by atoms with Gasteiger partial charge in [-0.1, -0.05) is 36.4 Å². The van der Waals surface area contributed by atoms with Crippen LogP contribution in [0.1, 0.15) is 0 Å². The Hall–Kier alpha value is -3.68. The van der Waals surface area contributed by atoms with Crippen molar-refractivity contribution in [2.24, 2.45) is 0 Å². The largest absolute Gasteiger partial charge is 0.289 e. The van der Waals surface area contributed by atoms with Gasteiger partial charge in [0.2, 0.25) is 0 Å². The van der Waals surface area contributed by atoms with Crippen molar-refractivity contribution in [3.63, 3.8) is 0 Å². The molecule has 0 aliphatic carbocycles. The zero-order chi connectivity index (χ0) is 15.9. The van der Waals surface area contributed by atoms with E-state index in [1.54, 1.807) is 21.8 Å². The summed E-state index contributed by atoms with van der Waals surface area (Å²) in [5.41, 5.74) is 1.80. The topological polar surface area (TPSA) is 87.2 Å². The first-order valence-electron chi connectivity index (χ1n) is 7.34. The van der Waals surface area contributed by atoms with Gasteiger partial charge in [0.1, 0.15) is 0 Å². The summed E-state index contributed by atoms with van der Waals surface area (Å²) in [5, 5.41) is 27.2. The minimum absolute atomic E-state index is 0.316. The molecule has 0 radical (unpaired) electrons. The minimum atomic E-state index is 0.316. The van der Waals surface area contributed by atoms with Gasteiger partial charge in [-0.05, 0) is 12.1 Å². The standard InChI is InChI=1S/C16H10N8/c1-3-7-13-11(5-1)9-17-23(13)15-19-21-16(22-20-15)24-14-8-4-2-6-12(14)10-18-24/h1-10H. The molecule has 0 unspecified atom stereocenters. The van der Waals surface area contributed by atoms with Gasteiger partial charge in [0.05, 0.1) is 23.4 Å². The lowest BCUT2D eigenvalue weighted by atomic mass is 10.3. The van der Waals surface area contributed by atoms with Crippen LogP contribution in [0.2, 0.25) is 0 Å². The molecule has 8 nitrogen and oxygen atoms in total.